The van der Waals surface area contributed by atoms with Crippen molar-refractivity contribution in [2.75, 3.05) is 13.2 Å². The molecule has 0 fully saturated rings. The van der Waals surface area contributed by atoms with Gasteiger partial charge in [-0.2, -0.15) is 5.26 Å². The average Bonchev–Trinajstić information content (AvgIpc) is 2.26. The van der Waals surface area contributed by atoms with Crippen molar-refractivity contribution in [1.82, 2.24) is 5.32 Å². The summed E-state index contributed by atoms with van der Waals surface area (Å²) < 4.78 is 5.14. The van der Waals surface area contributed by atoms with Crippen LogP contribution in [0.5, 0.6) is 5.75 Å². The number of carbonyl (C=O) groups is 1. The third kappa shape index (κ3) is 4.44. The summed E-state index contributed by atoms with van der Waals surface area (Å²) in [7, 11) is 0. The van der Waals surface area contributed by atoms with Gasteiger partial charge in [-0.3, -0.25) is 4.79 Å². The number of rotatable bonds is 6. The molecule has 84 valence electrons. The Morgan fingerprint density at radius 3 is 3.06 bits per heavy atom. The molecule has 1 rings (SSSR count). The number of carbonyl (C=O) groups excluding carboxylic acids is 1. The van der Waals surface area contributed by atoms with E-state index in [0.717, 1.165) is 5.56 Å². The highest BCUT2D eigenvalue weighted by molar-refractivity contribution is 5.75. The molecular formula is C11H13N3O2. The lowest BCUT2D eigenvalue weighted by atomic mass is 10.2. The Morgan fingerprint density at radius 2 is 2.38 bits per heavy atom. The normalized spacial score (nSPS) is 9.44. The number of hydrogen-bond donors (Lipinski definition) is 2. The first kappa shape index (κ1) is 12.0. The summed E-state index contributed by atoms with van der Waals surface area (Å²) in [6.45, 7) is 0.703. The van der Waals surface area contributed by atoms with Crippen LogP contribution in [-0.4, -0.2) is 19.1 Å². The standard InChI is InChI=1S/C11H13N3O2/c12-4-5-16-10-3-1-2-9(6-10)7-14-8-11(13)15/h1-3,6,14H,5,7-8H2,(H2,13,15). The molecule has 0 heterocycles. The molecule has 0 aliphatic carbocycles. The molecule has 0 unspecified atom stereocenters. The largest absolute Gasteiger partial charge is 0.479 e. The van der Waals surface area contributed by atoms with Crippen molar-refractivity contribution in [3.8, 4) is 11.8 Å². The molecule has 5 nitrogen and oxygen atoms in total. The third-order valence-corrected chi connectivity index (χ3v) is 1.83. The van der Waals surface area contributed by atoms with Crippen LogP contribution in [0, 0.1) is 11.3 Å². The number of nitrogens with zero attached hydrogens (tertiary/aromatic N) is 1. The first-order valence-corrected chi connectivity index (χ1v) is 4.80. The first-order chi connectivity index (χ1) is 7.72. The van der Waals surface area contributed by atoms with Gasteiger partial charge in [0, 0.05) is 6.54 Å². The van der Waals surface area contributed by atoms with Gasteiger partial charge in [-0.25, -0.2) is 0 Å². The van der Waals surface area contributed by atoms with Crippen LogP contribution < -0.4 is 15.8 Å². The van der Waals surface area contributed by atoms with Gasteiger partial charge in [0.15, 0.2) is 6.61 Å². The average molecular weight is 219 g/mol. The van der Waals surface area contributed by atoms with E-state index in [0.29, 0.717) is 12.3 Å². The van der Waals surface area contributed by atoms with Crippen molar-refractivity contribution in [2.45, 2.75) is 6.54 Å². The maximum atomic E-state index is 10.5. The molecule has 0 bridgehead atoms. The van der Waals surface area contributed by atoms with Gasteiger partial charge in [0.2, 0.25) is 5.91 Å². The molecule has 0 aromatic heterocycles. The maximum absolute atomic E-state index is 10.5. The zero-order chi connectivity index (χ0) is 11.8. The number of ether oxygens (including phenoxy) is 1. The Morgan fingerprint density at radius 1 is 1.56 bits per heavy atom. The monoisotopic (exact) mass is 219 g/mol. The van der Waals surface area contributed by atoms with Crippen LogP contribution in [0.15, 0.2) is 24.3 Å². The van der Waals surface area contributed by atoms with E-state index in [1.54, 1.807) is 6.07 Å². The number of nitriles is 1. The molecule has 0 saturated carbocycles. The van der Waals surface area contributed by atoms with E-state index in [1.165, 1.54) is 0 Å². The summed E-state index contributed by atoms with van der Waals surface area (Å²) >= 11 is 0. The Labute approximate surface area is 93.8 Å². The van der Waals surface area contributed by atoms with E-state index in [2.05, 4.69) is 5.32 Å². The van der Waals surface area contributed by atoms with Gasteiger partial charge < -0.3 is 15.8 Å². The van der Waals surface area contributed by atoms with E-state index >= 15 is 0 Å². The number of primary amides is 1. The van der Waals surface area contributed by atoms with Gasteiger partial charge in [0.25, 0.3) is 0 Å². The number of amides is 1. The van der Waals surface area contributed by atoms with Gasteiger partial charge in [0.1, 0.15) is 11.8 Å². The molecule has 1 amide bonds. The third-order valence-electron chi connectivity index (χ3n) is 1.83. The predicted molar refractivity (Wildman–Crippen MR) is 58.5 cm³/mol. The van der Waals surface area contributed by atoms with Crippen molar-refractivity contribution < 1.29 is 9.53 Å². The molecule has 0 saturated heterocycles. The Bertz CT molecular complexity index is 398. The fraction of sp³-hybridized carbons (Fsp3) is 0.273. The van der Waals surface area contributed by atoms with Crippen LogP contribution in [-0.2, 0) is 11.3 Å². The van der Waals surface area contributed by atoms with E-state index in [4.69, 9.17) is 15.7 Å². The van der Waals surface area contributed by atoms with Crippen molar-refractivity contribution >= 4 is 5.91 Å². The summed E-state index contributed by atoms with van der Waals surface area (Å²) in [5.74, 6) is 0.247. The van der Waals surface area contributed by atoms with Gasteiger partial charge in [-0.05, 0) is 17.7 Å². The Kier molecular flexibility index (Phi) is 4.83. The minimum atomic E-state index is -0.392. The van der Waals surface area contributed by atoms with Crippen LogP contribution in [0.3, 0.4) is 0 Å². The molecule has 0 atom stereocenters. The minimum Gasteiger partial charge on any atom is -0.479 e. The zero-order valence-electron chi connectivity index (χ0n) is 8.77. The number of nitrogens with one attached hydrogen (secondary N) is 1. The van der Waals surface area contributed by atoms with E-state index < -0.39 is 5.91 Å². The quantitative estimate of drug-likeness (QED) is 0.713. The summed E-state index contributed by atoms with van der Waals surface area (Å²) in [5.41, 5.74) is 5.96. The van der Waals surface area contributed by atoms with Gasteiger partial charge in [-0.1, -0.05) is 12.1 Å². The van der Waals surface area contributed by atoms with Crippen LogP contribution in [0.1, 0.15) is 5.56 Å². The van der Waals surface area contributed by atoms with Crippen LogP contribution >= 0.6 is 0 Å². The molecule has 1 aromatic carbocycles. The minimum absolute atomic E-state index is 0.0260. The van der Waals surface area contributed by atoms with Crippen molar-refractivity contribution in [1.29, 1.82) is 5.26 Å². The fourth-order valence-electron chi connectivity index (χ4n) is 1.19. The van der Waals surface area contributed by atoms with E-state index in [-0.39, 0.29) is 13.2 Å². The molecule has 0 radical (unpaired) electrons. The summed E-state index contributed by atoms with van der Waals surface area (Å²) in [6.07, 6.45) is 0. The van der Waals surface area contributed by atoms with Gasteiger partial charge >= 0.3 is 0 Å². The molecule has 5 heteroatoms. The summed E-state index contributed by atoms with van der Waals surface area (Å²) in [5, 5.41) is 11.2. The molecule has 1 aromatic rings. The lowest BCUT2D eigenvalue weighted by Gasteiger charge is -2.05. The number of benzene rings is 1. The van der Waals surface area contributed by atoms with Crippen molar-refractivity contribution in [3.63, 3.8) is 0 Å². The molecule has 0 spiro atoms. The van der Waals surface area contributed by atoms with Crippen molar-refractivity contribution in [2.24, 2.45) is 5.73 Å². The highest BCUT2D eigenvalue weighted by atomic mass is 16.5. The second-order valence-corrected chi connectivity index (χ2v) is 3.16. The second-order valence-electron chi connectivity index (χ2n) is 3.16. The summed E-state index contributed by atoms with van der Waals surface area (Å²) in [6, 6.07) is 9.20. The molecule has 16 heavy (non-hydrogen) atoms. The van der Waals surface area contributed by atoms with E-state index in [1.807, 2.05) is 24.3 Å². The van der Waals surface area contributed by atoms with Crippen LogP contribution in [0.25, 0.3) is 0 Å². The topological polar surface area (TPSA) is 88.1 Å². The fourth-order valence-corrected chi connectivity index (χ4v) is 1.19. The smallest absolute Gasteiger partial charge is 0.231 e. The van der Waals surface area contributed by atoms with Crippen LogP contribution in [0.2, 0.25) is 0 Å². The highest BCUT2D eigenvalue weighted by Crippen LogP contribution is 2.12. The lowest BCUT2D eigenvalue weighted by Crippen LogP contribution is -2.28. The lowest BCUT2D eigenvalue weighted by molar-refractivity contribution is -0.117. The first-order valence-electron chi connectivity index (χ1n) is 4.80. The Balaban J connectivity index is 2.47. The molecule has 0 aliphatic rings. The van der Waals surface area contributed by atoms with Crippen LogP contribution in [0.4, 0.5) is 0 Å². The van der Waals surface area contributed by atoms with E-state index in [9.17, 15) is 4.79 Å². The Hall–Kier alpha value is -2.06. The second kappa shape index (κ2) is 6.43. The molecular weight excluding hydrogens is 206 g/mol. The summed E-state index contributed by atoms with van der Waals surface area (Å²) in [4.78, 5) is 10.5. The predicted octanol–water partition coefficient (Wildman–Crippen LogP) is 0.164. The maximum Gasteiger partial charge on any atom is 0.231 e. The van der Waals surface area contributed by atoms with Gasteiger partial charge in [0.05, 0.1) is 6.54 Å². The molecule has 0 aliphatic heterocycles. The van der Waals surface area contributed by atoms with Crippen molar-refractivity contribution in [3.05, 3.63) is 29.8 Å². The van der Waals surface area contributed by atoms with Gasteiger partial charge in [-0.15, -0.1) is 0 Å². The number of hydrogen-bond acceptors (Lipinski definition) is 4. The zero-order valence-corrected chi connectivity index (χ0v) is 8.77. The highest BCUT2D eigenvalue weighted by Gasteiger charge is 1.98. The molecule has 3 N–H and O–H groups in total. The SMILES string of the molecule is N#CCOc1cccc(CNCC(N)=O)c1. The number of nitrogens with two attached hydrogens (primary N) is 1.